The zero-order chi connectivity index (χ0) is 17.0. The van der Waals surface area contributed by atoms with E-state index in [4.69, 9.17) is 4.74 Å². The number of carbonyl (C=O) groups excluding carboxylic acids is 1. The van der Waals surface area contributed by atoms with Crippen LogP contribution in [-0.4, -0.2) is 29.3 Å². The van der Waals surface area contributed by atoms with Crippen molar-refractivity contribution < 1.29 is 14.6 Å². The maximum atomic E-state index is 12.0. The Kier molecular flexibility index (Phi) is 6.15. The standard InChI is InChI=1S/C18H29NO3/c1-17(2,3)14-9-7-13(8-10-14)11-19-15(12-20)16(21)22-18(4,5)6/h7-10,15,19-20H,11-12H2,1-6H3. The Hall–Kier alpha value is -1.39. The summed E-state index contributed by atoms with van der Waals surface area (Å²) in [6.45, 7) is 12.2. The fourth-order valence-corrected chi connectivity index (χ4v) is 1.96. The second kappa shape index (κ2) is 7.25. The van der Waals surface area contributed by atoms with Gasteiger partial charge in [0.1, 0.15) is 11.6 Å². The maximum Gasteiger partial charge on any atom is 0.326 e. The van der Waals surface area contributed by atoms with Gasteiger partial charge >= 0.3 is 5.97 Å². The van der Waals surface area contributed by atoms with Crippen molar-refractivity contribution in [1.82, 2.24) is 5.32 Å². The fraction of sp³-hybridized carbons (Fsp3) is 0.611. The van der Waals surface area contributed by atoms with E-state index in [9.17, 15) is 9.90 Å². The molecule has 4 nitrogen and oxygen atoms in total. The van der Waals surface area contributed by atoms with Crippen molar-refractivity contribution in [3.8, 4) is 0 Å². The topological polar surface area (TPSA) is 58.6 Å². The molecule has 0 aromatic heterocycles. The molecule has 1 aromatic rings. The largest absolute Gasteiger partial charge is 0.459 e. The molecular formula is C18H29NO3. The third-order valence-electron chi connectivity index (χ3n) is 3.25. The van der Waals surface area contributed by atoms with E-state index in [0.717, 1.165) is 5.56 Å². The van der Waals surface area contributed by atoms with E-state index in [1.807, 2.05) is 32.9 Å². The van der Waals surface area contributed by atoms with E-state index in [-0.39, 0.29) is 12.0 Å². The van der Waals surface area contributed by atoms with Gasteiger partial charge in [0.05, 0.1) is 6.61 Å². The molecule has 1 aromatic carbocycles. The molecule has 0 heterocycles. The van der Waals surface area contributed by atoms with Crippen molar-refractivity contribution in [2.24, 2.45) is 0 Å². The number of ether oxygens (including phenoxy) is 1. The van der Waals surface area contributed by atoms with Crippen LogP contribution in [0.3, 0.4) is 0 Å². The molecule has 2 N–H and O–H groups in total. The minimum atomic E-state index is -0.707. The second-order valence-corrected chi connectivity index (χ2v) is 7.60. The molecule has 0 bridgehead atoms. The third kappa shape index (κ3) is 6.16. The average molecular weight is 307 g/mol. The molecular weight excluding hydrogens is 278 g/mol. The van der Waals surface area contributed by atoms with Gasteiger partial charge in [0, 0.05) is 6.54 Å². The summed E-state index contributed by atoms with van der Waals surface area (Å²) in [5.74, 6) is -0.429. The predicted molar refractivity (Wildman–Crippen MR) is 88.7 cm³/mol. The van der Waals surface area contributed by atoms with Crippen LogP contribution in [0.25, 0.3) is 0 Å². The zero-order valence-electron chi connectivity index (χ0n) is 14.6. The average Bonchev–Trinajstić information content (AvgIpc) is 2.37. The first-order chi connectivity index (χ1) is 10.0. The van der Waals surface area contributed by atoms with Crippen LogP contribution in [0.15, 0.2) is 24.3 Å². The number of esters is 1. The molecule has 0 fully saturated rings. The highest BCUT2D eigenvalue weighted by molar-refractivity contribution is 5.76. The summed E-state index contributed by atoms with van der Waals surface area (Å²) in [4.78, 5) is 12.0. The molecule has 0 spiro atoms. The van der Waals surface area contributed by atoms with Gasteiger partial charge in [-0.3, -0.25) is 10.1 Å². The monoisotopic (exact) mass is 307 g/mol. The van der Waals surface area contributed by atoms with Gasteiger partial charge in [0.15, 0.2) is 0 Å². The van der Waals surface area contributed by atoms with Crippen LogP contribution in [0.2, 0.25) is 0 Å². The number of benzene rings is 1. The number of aliphatic hydroxyl groups excluding tert-OH is 1. The molecule has 0 saturated carbocycles. The van der Waals surface area contributed by atoms with Crippen LogP contribution < -0.4 is 5.32 Å². The molecule has 1 atom stereocenters. The van der Waals surface area contributed by atoms with Crippen LogP contribution in [0, 0.1) is 0 Å². The molecule has 0 radical (unpaired) electrons. The number of hydrogen-bond acceptors (Lipinski definition) is 4. The predicted octanol–water partition coefficient (Wildman–Crippen LogP) is 2.78. The van der Waals surface area contributed by atoms with Crippen LogP contribution >= 0.6 is 0 Å². The Labute approximate surface area is 133 Å². The van der Waals surface area contributed by atoms with Gasteiger partial charge in [0.25, 0.3) is 0 Å². The Morgan fingerprint density at radius 3 is 2.09 bits per heavy atom. The molecule has 0 amide bonds. The van der Waals surface area contributed by atoms with Crippen molar-refractivity contribution in [3.63, 3.8) is 0 Å². The summed E-state index contributed by atoms with van der Waals surface area (Å²) in [7, 11) is 0. The minimum Gasteiger partial charge on any atom is -0.459 e. The molecule has 0 saturated heterocycles. The molecule has 0 aliphatic carbocycles. The summed E-state index contributed by atoms with van der Waals surface area (Å²) in [5.41, 5.74) is 1.90. The van der Waals surface area contributed by atoms with E-state index in [2.05, 4.69) is 38.2 Å². The fourth-order valence-electron chi connectivity index (χ4n) is 1.96. The van der Waals surface area contributed by atoms with E-state index < -0.39 is 17.6 Å². The number of hydrogen-bond donors (Lipinski definition) is 2. The molecule has 4 heteroatoms. The van der Waals surface area contributed by atoms with Crippen LogP contribution in [0.4, 0.5) is 0 Å². The third-order valence-corrected chi connectivity index (χ3v) is 3.25. The Morgan fingerprint density at radius 1 is 1.14 bits per heavy atom. The zero-order valence-corrected chi connectivity index (χ0v) is 14.6. The van der Waals surface area contributed by atoms with Crippen molar-refractivity contribution in [2.45, 2.75) is 65.1 Å². The van der Waals surface area contributed by atoms with Crippen molar-refractivity contribution in [1.29, 1.82) is 0 Å². The van der Waals surface area contributed by atoms with Crippen LogP contribution in [-0.2, 0) is 21.5 Å². The Balaban J connectivity index is 2.62. The van der Waals surface area contributed by atoms with E-state index in [1.54, 1.807) is 0 Å². The maximum absolute atomic E-state index is 12.0. The number of carbonyl (C=O) groups is 1. The second-order valence-electron chi connectivity index (χ2n) is 7.60. The normalized spacial score (nSPS) is 13.8. The highest BCUT2D eigenvalue weighted by Crippen LogP contribution is 2.22. The van der Waals surface area contributed by atoms with Crippen LogP contribution in [0.5, 0.6) is 0 Å². The van der Waals surface area contributed by atoms with Crippen molar-refractivity contribution in [2.75, 3.05) is 6.61 Å². The summed E-state index contributed by atoms with van der Waals surface area (Å²) >= 11 is 0. The first-order valence-electron chi connectivity index (χ1n) is 7.69. The highest BCUT2D eigenvalue weighted by atomic mass is 16.6. The minimum absolute atomic E-state index is 0.121. The number of nitrogens with one attached hydrogen (secondary N) is 1. The van der Waals surface area contributed by atoms with Crippen molar-refractivity contribution >= 4 is 5.97 Å². The van der Waals surface area contributed by atoms with Gasteiger partial charge in [-0.15, -0.1) is 0 Å². The molecule has 0 aliphatic heterocycles. The summed E-state index contributed by atoms with van der Waals surface area (Å²) < 4.78 is 5.28. The van der Waals surface area contributed by atoms with Gasteiger partial charge < -0.3 is 9.84 Å². The van der Waals surface area contributed by atoms with Gasteiger partial charge in [-0.05, 0) is 37.3 Å². The molecule has 1 rings (SSSR count). The lowest BCUT2D eigenvalue weighted by atomic mass is 9.87. The molecule has 124 valence electrons. The van der Waals surface area contributed by atoms with Gasteiger partial charge in [-0.1, -0.05) is 45.0 Å². The van der Waals surface area contributed by atoms with E-state index in [1.165, 1.54) is 5.56 Å². The summed E-state index contributed by atoms with van der Waals surface area (Å²) in [6.07, 6.45) is 0. The quantitative estimate of drug-likeness (QED) is 0.821. The first kappa shape index (κ1) is 18.7. The van der Waals surface area contributed by atoms with Gasteiger partial charge in [-0.2, -0.15) is 0 Å². The lowest BCUT2D eigenvalue weighted by molar-refractivity contribution is -0.158. The summed E-state index contributed by atoms with van der Waals surface area (Å²) in [5, 5.41) is 12.4. The van der Waals surface area contributed by atoms with E-state index in [0.29, 0.717) is 6.54 Å². The SMILES string of the molecule is CC(C)(C)OC(=O)C(CO)NCc1ccc(C(C)(C)C)cc1. The molecule has 1 unspecified atom stereocenters. The van der Waals surface area contributed by atoms with Crippen LogP contribution in [0.1, 0.15) is 52.7 Å². The smallest absolute Gasteiger partial charge is 0.326 e. The Morgan fingerprint density at radius 2 is 1.68 bits per heavy atom. The summed E-state index contributed by atoms with van der Waals surface area (Å²) in [6, 6.07) is 7.56. The lowest BCUT2D eigenvalue weighted by Crippen LogP contribution is -2.43. The number of rotatable bonds is 5. The molecule has 22 heavy (non-hydrogen) atoms. The Bertz CT molecular complexity index is 481. The first-order valence-corrected chi connectivity index (χ1v) is 7.69. The number of aliphatic hydroxyl groups is 1. The lowest BCUT2D eigenvalue weighted by Gasteiger charge is -2.24. The van der Waals surface area contributed by atoms with E-state index >= 15 is 0 Å². The highest BCUT2D eigenvalue weighted by Gasteiger charge is 2.24. The van der Waals surface area contributed by atoms with Gasteiger partial charge in [-0.25, -0.2) is 0 Å². The van der Waals surface area contributed by atoms with Gasteiger partial charge in [0.2, 0.25) is 0 Å². The van der Waals surface area contributed by atoms with Crippen molar-refractivity contribution in [3.05, 3.63) is 35.4 Å². The molecule has 0 aliphatic rings.